The molecule has 0 fully saturated rings. The van der Waals surface area contributed by atoms with Crippen molar-refractivity contribution in [2.24, 2.45) is 5.92 Å². The van der Waals surface area contributed by atoms with Crippen LogP contribution in [-0.2, 0) is 4.74 Å². The van der Waals surface area contributed by atoms with Crippen LogP contribution in [0, 0.1) is 5.92 Å². The van der Waals surface area contributed by atoms with Crippen LogP contribution >= 0.6 is 0 Å². The summed E-state index contributed by atoms with van der Waals surface area (Å²) >= 11 is 0. The second kappa shape index (κ2) is 7.08. The average Bonchev–Trinajstić information content (AvgIpc) is 2.37. The molecule has 1 rings (SSSR count). The molecule has 4 heteroatoms. The van der Waals surface area contributed by atoms with E-state index < -0.39 is 5.97 Å². The van der Waals surface area contributed by atoms with Crippen LogP contribution in [-0.4, -0.2) is 24.5 Å². The van der Waals surface area contributed by atoms with Gasteiger partial charge in [0.1, 0.15) is 5.75 Å². The number of benzene rings is 1. The Balaban J connectivity index is 3.21. The molecule has 0 bridgehead atoms. The van der Waals surface area contributed by atoms with E-state index in [-0.39, 0.29) is 17.8 Å². The Morgan fingerprint density at radius 3 is 2.30 bits per heavy atom. The van der Waals surface area contributed by atoms with Gasteiger partial charge in [-0.05, 0) is 39.0 Å². The Labute approximate surface area is 120 Å². The summed E-state index contributed by atoms with van der Waals surface area (Å²) in [6.07, 6.45) is -0.0397. The molecule has 0 aliphatic carbocycles. The second-order valence-electron chi connectivity index (χ2n) is 5.12. The minimum Gasteiger partial charge on any atom is -0.490 e. The lowest BCUT2D eigenvalue weighted by Gasteiger charge is -2.15. The lowest BCUT2D eigenvalue weighted by atomic mass is 9.98. The maximum atomic E-state index is 12.2. The molecule has 0 N–H and O–H groups in total. The molecule has 0 radical (unpaired) electrons. The Morgan fingerprint density at radius 1 is 1.15 bits per heavy atom. The van der Waals surface area contributed by atoms with Crippen LogP contribution in [0.5, 0.6) is 5.75 Å². The van der Waals surface area contributed by atoms with E-state index in [1.165, 1.54) is 0 Å². The number of hydrogen-bond donors (Lipinski definition) is 0. The summed E-state index contributed by atoms with van der Waals surface area (Å²) in [7, 11) is 0. The van der Waals surface area contributed by atoms with Crippen molar-refractivity contribution in [3.05, 3.63) is 29.3 Å². The van der Waals surface area contributed by atoms with Gasteiger partial charge in [0.15, 0.2) is 5.78 Å². The van der Waals surface area contributed by atoms with Crippen LogP contribution in [0.15, 0.2) is 18.2 Å². The van der Waals surface area contributed by atoms with Crippen molar-refractivity contribution in [3.8, 4) is 5.75 Å². The molecule has 0 aliphatic rings. The maximum absolute atomic E-state index is 12.2. The van der Waals surface area contributed by atoms with Crippen molar-refractivity contribution in [2.75, 3.05) is 6.61 Å². The molecular formula is C16H22O4. The van der Waals surface area contributed by atoms with Crippen molar-refractivity contribution in [2.45, 2.75) is 40.7 Å². The molecule has 110 valence electrons. The van der Waals surface area contributed by atoms with Crippen LogP contribution < -0.4 is 4.74 Å². The zero-order valence-electron chi connectivity index (χ0n) is 12.7. The van der Waals surface area contributed by atoms with Crippen LogP contribution in [0.2, 0.25) is 0 Å². The minimum absolute atomic E-state index is 0.0397. The van der Waals surface area contributed by atoms with Crippen molar-refractivity contribution >= 4 is 11.8 Å². The Hall–Kier alpha value is -1.84. The van der Waals surface area contributed by atoms with Crippen LogP contribution in [0.3, 0.4) is 0 Å². The Morgan fingerprint density at radius 2 is 1.80 bits per heavy atom. The van der Waals surface area contributed by atoms with Crippen molar-refractivity contribution < 1.29 is 19.1 Å². The highest BCUT2D eigenvalue weighted by Gasteiger charge is 2.19. The first kappa shape index (κ1) is 16.2. The van der Waals surface area contributed by atoms with Crippen LogP contribution in [0.25, 0.3) is 0 Å². The van der Waals surface area contributed by atoms with Gasteiger partial charge >= 0.3 is 5.97 Å². The summed E-state index contributed by atoms with van der Waals surface area (Å²) < 4.78 is 10.6. The molecule has 0 unspecified atom stereocenters. The number of carbonyl (C=O) groups is 2. The van der Waals surface area contributed by atoms with E-state index in [2.05, 4.69) is 0 Å². The molecule has 0 spiro atoms. The summed E-state index contributed by atoms with van der Waals surface area (Å²) in [5.41, 5.74) is 0.797. The highest BCUT2D eigenvalue weighted by atomic mass is 16.5. The Kier molecular flexibility index (Phi) is 5.74. The molecular weight excluding hydrogens is 256 g/mol. The number of carbonyl (C=O) groups excluding carboxylic acids is 2. The van der Waals surface area contributed by atoms with Gasteiger partial charge in [-0.1, -0.05) is 13.8 Å². The predicted molar refractivity (Wildman–Crippen MR) is 77.3 cm³/mol. The summed E-state index contributed by atoms with van der Waals surface area (Å²) in [6, 6.07) is 4.83. The van der Waals surface area contributed by atoms with E-state index in [9.17, 15) is 9.59 Å². The largest absolute Gasteiger partial charge is 0.490 e. The van der Waals surface area contributed by atoms with E-state index in [4.69, 9.17) is 9.47 Å². The zero-order valence-corrected chi connectivity index (χ0v) is 12.7. The molecule has 1 aromatic rings. The van der Waals surface area contributed by atoms with Gasteiger partial charge in [-0.2, -0.15) is 0 Å². The minimum atomic E-state index is -0.429. The zero-order chi connectivity index (χ0) is 15.3. The molecule has 4 nitrogen and oxygen atoms in total. The summed E-state index contributed by atoms with van der Waals surface area (Å²) in [5.74, 6) is -0.137. The first-order chi connectivity index (χ1) is 9.36. The van der Waals surface area contributed by atoms with Gasteiger partial charge in [0.05, 0.1) is 23.8 Å². The lowest BCUT2D eigenvalue weighted by Crippen LogP contribution is -2.15. The first-order valence-electron chi connectivity index (χ1n) is 6.88. The third-order valence-electron chi connectivity index (χ3n) is 2.64. The first-order valence-corrected chi connectivity index (χ1v) is 6.88. The van der Waals surface area contributed by atoms with Gasteiger partial charge in [0, 0.05) is 5.92 Å². The molecule has 0 aromatic heterocycles. The smallest absolute Gasteiger partial charge is 0.338 e. The SMILES string of the molecule is CCOC(=O)c1ccc(OC(C)C)c(C(=O)C(C)C)c1. The fraction of sp³-hybridized carbons (Fsp3) is 0.500. The lowest BCUT2D eigenvalue weighted by molar-refractivity contribution is 0.0526. The van der Waals surface area contributed by atoms with Crippen molar-refractivity contribution in [1.29, 1.82) is 0 Å². The molecule has 0 amide bonds. The van der Waals surface area contributed by atoms with Gasteiger partial charge in [-0.15, -0.1) is 0 Å². The highest BCUT2D eigenvalue weighted by Crippen LogP contribution is 2.25. The number of Topliss-reactive ketones (excluding diaryl/α,β-unsaturated/α-hetero) is 1. The average molecular weight is 278 g/mol. The summed E-state index contributed by atoms with van der Waals surface area (Å²) in [6.45, 7) is 9.47. The fourth-order valence-corrected chi connectivity index (χ4v) is 1.73. The van der Waals surface area contributed by atoms with Gasteiger partial charge in [0.25, 0.3) is 0 Å². The number of ether oxygens (including phenoxy) is 2. The summed E-state index contributed by atoms with van der Waals surface area (Å²) in [5, 5.41) is 0. The van der Waals surface area contributed by atoms with Crippen molar-refractivity contribution in [1.82, 2.24) is 0 Å². The number of rotatable bonds is 6. The van der Waals surface area contributed by atoms with E-state index >= 15 is 0 Å². The van der Waals surface area contributed by atoms with Crippen molar-refractivity contribution in [3.63, 3.8) is 0 Å². The quantitative estimate of drug-likeness (QED) is 0.590. The van der Waals surface area contributed by atoms with E-state index in [0.717, 1.165) is 0 Å². The van der Waals surface area contributed by atoms with Gasteiger partial charge in [-0.3, -0.25) is 4.79 Å². The molecule has 0 heterocycles. The number of hydrogen-bond acceptors (Lipinski definition) is 4. The highest BCUT2D eigenvalue weighted by molar-refractivity contribution is 6.02. The van der Waals surface area contributed by atoms with E-state index in [0.29, 0.717) is 23.5 Å². The van der Waals surface area contributed by atoms with Gasteiger partial charge < -0.3 is 9.47 Å². The maximum Gasteiger partial charge on any atom is 0.338 e. The molecule has 0 saturated carbocycles. The number of ketones is 1. The third-order valence-corrected chi connectivity index (χ3v) is 2.64. The van der Waals surface area contributed by atoms with Crippen LogP contribution in [0.4, 0.5) is 0 Å². The molecule has 1 aromatic carbocycles. The molecule has 0 atom stereocenters. The molecule has 20 heavy (non-hydrogen) atoms. The fourth-order valence-electron chi connectivity index (χ4n) is 1.73. The topological polar surface area (TPSA) is 52.6 Å². The molecule has 0 saturated heterocycles. The number of esters is 1. The second-order valence-corrected chi connectivity index (χ2v) is 5.12. The normalized spacial score (nSPS) is 10.8. The van der Waals surface area contributed by atoms with Gasteiger partial charge in [0.2, 0.25) is 0 Å². The third kappa shape index (κ3) is 4.08. The molecule has 0 aliphatic heterocycles. The monoisotopic (exact) mass is 278 g/mol. The standard InChI is InChI=1S/C16H22O4/c1-6-19-16(18)12-7-8-14(20-11(4)5)13(9-12)15(17)10(2)3/h7-11H,6H2,1-5H3. The Bertz CT molecular complexity index is 489. The van der Waals surface area contributed by atoms with Gasteiger partial charge in [-0.25, -0.2) is 4.79 Å². The summed E-state index contributed by atoms with van der Waals surface area (Å²) in [4.78, 5) is 24.0. The van der Waals surface area contributed by atoms with E-state index in [1.807, 2.05) is 27.7 Å². The van der Waals surface area contributed by atoms with Crippen LogP contribution in [0.1, 0.15) is 55.3 Å². The predicted octanol–water partition coefficient (Wildman–Crippen LogP) is 3.49. The van der Waals surface area contributed by atoms with E-state index in [1.54, 1.807) is 25.1 Å².